The summed E-state index contributed by atoms with van der Waals surface area (Å²) in [4.78, 5) is 24.0. The maximum Gasteiger partial charge on any atom is 0.331 e. The van der Waals surface area contributed by atoms with Crippen molar-refractivity contribution in [2.24, 2.45) is 0 Å². The second-order valence-corrected chi connectivity index (χ2v) is 6.46. The Morgan fingerprint density at radius 3 is 2.53 bits per heavy atom. The molecule has 1 heterocycles. The minimum atomic E-state index is -1.25. The van der Waals surface area contributed by atoms with Crippen LogP contribution in [0.3, 0.4) is 0 Å². The first kappa shape index (κ1) is 20.9. The lowest BCUT2D eigenvalue weighted by Crippen LogP contribution is -2.30. The first-order chi connectivity index (χ1) is 14.4. The largest absolute Gasteiger partial charge is 0.449 e. The lowest BCUT2D eigenvalue weighted by molar-refractivity contribution is -0.148. The van der Waals surface area contributed by atoms with Gasteiger partial charge in [-0.2, -0.15) is 5.10 Å². The summed E-state index contributed by atoms with van der Waals surface area (Å²) < 4.78 is 33.9. The molecule has 0 radical (unpaired) electrons. The molecule has 0 aliphatic rings. The van der Waals surface area contributed by atoms with Crippen molar-refractivity contribution in [1.82, 2.24) is 9.78 Å². The number of anilines is 1. The highest BCUT2D eigenvalue weighted by Gasteiger charge is 2.20. The van der Waals surface area contributed by atoms with Crippen LogP contribution in [0, 0.1) is 11.6 Å². The monoisotopic (exact) mass is 411 g/mol. The van der Waals surface area contributed by atoms with Gasteiger partial charge in [0.15, 0.2) is 6.10 Å². The van der Waals surface area contributed by atoms with Crippen molar-refractivity contribution in [3.8, 4) is 0 Å². The Balaban J connectivity index is 1.53. The number of halogens is 2. The fraction of sp³-hybridized carbons (Fsp3) is 0.136. The molecule has 1 atom stereocenters. The maximum atomic E-state index is 13.6. The van der Waals surface area contributed by atoms with E-state index in [4.69, 9.17) is 4.74 Å². The van der Waals surface area contributed by atoms with Gasteiger partial charge in [-0.1, -0.05) is 36.4 Å². The number of para-hydroxylation sites is 1. The van der Waals surface area contributed by atoms with Crippen LogP contribution >= 0.6 is 0 Å². The highest BCUT2D eigenvalue weighted by molar-refractivity contribution is 5.96. The van der Waals surface area contributed by atoms with E-state index in [0.29, 0.717) is 12.1 Å². The van der Waals surface area contributed by atoms with E-state index in [9.17, 15) is 18.4 Å². The van der Waals surface area contributed by atoms with Crippen molar-refractivity contribution in [3.05, 3.63) is 89.8 Å². The van der Waals surface area contributed by atoms with Gasteiger partial charge in [0.25, 0.3) is 5.91 Å². The fourth-order valence-corrected chi connectivity index (χ4v) is 2.60. The minimum absolute atomic E-state index is 0.586. The molecule has 0 unspecified atom stereocenters. The molecule has 1 aromatic heterocycles. The molecule has 1 N–H and O–H groups in total. The third kappa shape index (κ3) is 5.60. The van der Waals surface area contributed by atoms with Crippen molar-refractivity contribution >= 4 is 23.6 Å². The highest BCUT2D eigenvalue weighted by Crippen LogP contribution is 2.18. The van der Waals surface area contributed by atoms with E-state index >= 15 is 0 Å². The number of aromatic nitrogens is 2. The van der Waals surface area contributed by atoms with Gasteiger partial charge >= 0.3 is 5.97 Å². The van der Waals surface area contributed by atoms with Crippen LogP contribution in [-0.4, -0.2) is 27.8 Å². The third-order valence-corrected chi connectivity index (χ3v) is 4.13. The number of hydrogen-bond donors (Lipinski definition) is 1. The van der Waals surface area contributed by atoms with Gasteiger partial charge in [-0.25, -0.2) is 13.6 Å². The predicted octanol–water partition coefficient (Wildman–Crippen LogP) is 3.79. The van der Waals surface area contributed by atoms with Crippen molar-refractivity contribution < 1.29 is 23.1 Å². The molecule has 0 saturated carbocycles. The fourth-order valence-electron chi connectivity index (χ4n) is 2.60. The van der Waals surface area contributed by atoms with Crippen LogP contribution in [0.2, 0.25) is 0 Å². The van der Waals surface area contributed by atoms with Gasteiger partial charge in [0.2, 0.25) is 0 Å². The van der Waals surface area contributed by atoms with Crippen LogP contribution in [0.15, 0.2) is 67.0 Å². The molecule has 1 amide bonds. The number of ether oxygens (including phenoxy) is 1. The number of rotatable bonds is 7. The van der Waals surface area contributed by atoms with Crippen molar-refractivity contribution in [2.45, 2.75) is 19.6 Å². The normalized spacial score (nSPS) is 12.0. The van der Waals surface area contributed by atoms with Crippen LogP contribution in [0.4, 0.5) is 14.5 Å². The summed E-state index contributed by atoms with van der Waals surface area (Å²) in [6.45, 7) is 1.89. The van der Waals surface area contributed by atoms with Gasteiger partial charge in [-0.3, -0.25) is 9.48 Å². The number of carbonyl (C=O) groups is 2. The number of nitrogens with one attached hydrogen (secondary N) is 1. The second-order valence-electron chi connectivity index (χ2n) is 6.46. The SMILES string of the molecule is C[C@H](OC(=O)/C=C/c1cnn(Cc2ccccc2)c1)C(=O)Nc1c(F)cccc1F. The Bertz CT molecular complexity index is 1040. The minimum Gasteiger partial charge on any atom is -0.449 e. The van der Waals surface area contributed by atoms with E-state index in [-0.39, 0.29) is 0 Å². The van der Waals surface area contributed by atoms with Gasteiger partial charge in [-0.15, -0.1) is 0 Å². The molecule has 0 spiro atoms. The van der Waals surface area contributed by atoms with Gasteiger partial charge in [0, 0.05) is 17.8 Å². The topological polar surface area (TPSA) is 73.2 Å². The van der Waals surface area contributed by atoms with E-state index in [1.54, 1.807) is 17.1 Å². The first-order valence-corrected chi connectivity index (χ1v) is 9.12. The Hall–Kier alpha value is -3.81. The molecular weight excluding hydrogens is 392 g/mol. The molecule has 0 saturated heterocycles. The second kappa shape index (κ2) is 9.60. The van der Waals surface area contributed by atoms with Crippen LogP contribution in [0.1, 0.15) is 18.1 Å². The van der Waals surface area contributed by atoms with E-state index in [1.807, 2.05) is 30.3 Å². The van der Waals surface area contributed by atoms with Gasteiger partial charge in [-0.05, 0) is 30.7 Å². The lowest BCUT2D eigenvalue weighted by atomic mass is 10.2. The van der Waals surface area contributed by atoms with Crippen molar-refractivity contribution in [1.29, 1.82) is 0 Å². The molecular formula is C22H19F2N3O3. The van der Waals surface area contributed by atoms with Gasteiger partial charge < -0.3 is 10.1 Å². The molecule has 3 aromatic rings. The van der Waals surface area contributed by atoms with Crippen molar-refractivity contribution in [3.63, 3.8) is 0 Å². The van der Waals surface area contributed by atoms with Gasteiger partial charge in [0.05, 0.1) is 12.7 Å². The van der Waals surface area contributed by atoms with Crippen LogP contribution in [0.25, 0.3) is 6.08 Å². The Morgan fingerprint density at radius 1 is 1.13 bits per heavy atom. The summed E-state index contributed by atoms with van der Waals surface area (Å²) in [7, 11) is 0. The number of carbonyl (C=O) groups excluding carboxylic acids is 2. The summed E-state index contributed by atoms with van der Waals surface area (Å²) >= 11 is 0. The number of amides is 1. The number of hydrogen-bond acceptors (Lipinski definition) is 4. The zero-order valence-electron chi connectivity index (χ0n) is 16.1. The average Bonchev–Trinajstić information content (AvgIpc) is 3.17. The molecule has 0 bridgehead atoms. The predicted molar refractivity (Wildman–Crippen MR) is 107 cm³/mol. The molecule has 30 heavy (non-hydrogen) atoms. The molecule has 0 aliphatic heterocycles. The summed E-state index contributed by atoms with van der Waals surface area (Å²) in [6.07, 6.45) is 4.74. The number of benzene rings is 2. The van der Waals surface area contributed by atoms with Crippen LogP contribution in [-0.2, 0) is 20.9 Å². The Kier molecular flexibility index (Phi) is 6.69. The zero-order chi connectivity index (χ0) is 21.5. The Labute approximate surface area is 171 Å². The number of esters is 1. The summed E-state index contributed by atoms with van der Waals surface area (Å²) in [5.41, 5.74) is 1.17. The molecule has 0 aliphatic carbocycles. The third-order valence-electron chi connectivity index (χ3n) is 4.13. The molecule has 154 valence electrons. The summed E-state index contributed by atoms with van der Waals surface area (Å²) in [5, 5.41) is 6.30. The smallest absolute Gasteiger partial charge is 0.331 e. The average molecular weight is 411 g/mol. The zero-order valence-corrected chi connectivity index (χ0v) is 16.1. The lowest BCUT2D eigenvalue weighted by Gasteiger charge is -2.13. The van der Waals surface area contributed by atoms with E-state index < -0.39 is 35.3 Å². The van der Waals surface area contributed by atoms with Crippen LogP contribution in [0.5, 0.6) is 0 Å². The van der Waals surface area contributed by atoms with Crippen LogP contribution < -0.4 is 5.32 Å². The number of nitrogens with zero attached hydrogens (tertiary/aromatic N) is 2. The summed E-state index contributed by atoms with van der Waals surface area (Å²) in [5.74, 6) is -3.47. The molecule has 0 fully saturated rings. The Morgan fingerprint density at radius 2 is 1.83 bits per heavy atom. The van der Waals surface area contributed by atoms with E-state index in [2.05, 4.69) is 10.4 Å². The first-order valence-electron chi connectivity index (χ1n) is 9.12. The van der Waals surface area contributed by atoms with Crippen molar-refractivity contribution in [2.75, 3.05) is 5.32 Å². The summed E-state index contributed by atoms with van der Waals surface area (Å²) in [6, 6.07) is 13.0. The van der Waals surface area contributed by atoms with Gasteiger partial charge in [0.1, 0.15) is 17.3 Å². The molecule has 6 nitrogen and oxygen atoms in total. The molecule has 3 rings (SSSR count). The maximum absolute atomic E-state index is 13.6. The quantitative estimate of drug-likeness (QED) is 0.474. The van der Waals surface area contributed by atoms with E-state index in [0.717, 1.165) is 23.8 Å². The standard InChI is InChI=1S/C22H19F2N3O3/c1-15(22(29)26-21-18(23)8-5-9-19(21)24)30-20(28)11-10-17-12-25-27(14-17)13-16-6-3-2-4-7-16/h2-12,14-15H,13H2,1H3,(H,26,29)/b11-10+/t15-/m0/s1. The molecule has 8 heteroatoms. The van der Waals surface area contributed by atoms with E-state index in [1.165, 1.54) is 19.1 Å². The molecule has 2 aromatic carbocycles. The highest BCUT2D eigenvalue weighted by atomic mass is 19.1.